The molecule has 2 aromatic rings. The molecule has 20 heavy (non-hydrogen) atoms. The van der Waals surface area contributed by atoms with Crippen LogP contribution in [0.1, 0.15) is 18.2 Å². The molecular weight excluding hydrogens is 274 g/mol. The fourth-order valence-corrected chi connectivity index (χ4v) is 2.43. The van der Waals surface area contributed by atoms with Crippen molar-refractivity contribution in [1.29, 1.82) is 0 Å². The third-order valence-electron chi connectivity index (χ3n) is 2.50. The molecule has 0 fully saturated rings. The van der Waals surface area contributed by atoms with Gasteiger partial charge in [0.15, 0.2) is 5.13 Å². The molecule has 2 rings (SSSR count). The van der Waals surface area contributed by atoms with Gasteiger partial charge >= 0.3 is 0 Å². The van der Waals surface area contributed by atoms with Crippen molar-refractivity contribution in [3.63, 3.8) is 0 Å². The van der Waals surface area contributed by atoms with E-state index in [0.717, 1.165) is 18.0 Å². The van der Waals surface area contributed by atoms with Crippen LogP contribution in [0, 0.1) is 0 Å². The fraction of sp³-hybridized carbons (Fsp3) is 0.286. The van der Waals surface area contributed by atoms with Gasteiger partial charge in [-0.05, 0) is 24.7 Å². The average molecular weight is 291 g/mol. The Kier molecular flexibility index (Phi) is 5.09. The van der Waals surface area contributed by atoms with E-state index >= 15 is 0 Å². The molecule has 6 heteroatoms. The molecule has 0 unspecified atom stereocenters. The van der Waals surface area contributed by atoms with Crippen molar-refractivity contribution < 1.29 is 9.53 Å². The van der Waals surface area contributed by atoms with Crippen molar-refractivity contribution in [1.82, 2.24) is 10.3 Å². The lowest BCUT2D eigenvalue weighted by Gasteiger charge is -2.06. The lowest BCUT2D eigenvalue weighted by Crippen LogP contribution is -2.06. The van der Waals surface area contributed by atoms with Crippen LogP contribution >= 0.6 is 11.3 Å². The number of anilines is 1. The lowest BCUT2D eigenvalue weighted by molar-refractivity contribution is -0.114. The molecule has 0 saturated heterocycles. The van der Waals surface area contributed by atoms with Gasteiger partial charge in [-0.3, -0.25) is 4.79 Å². The molecule has 5 nitrogen and oxygen atoms in total. The highest BCUT2D eigenvalue weighted by molar-refractivity contribution is 7.13. The normalized spacial score (nSPS) is 10.3. The molecule has 0 saturated carbocycles. The molecule has 0 spiro atoms. The Morgan fingerprint density at radius 3 is 3.05 bits per heavy atom. The van der Waals surface area contributed by atoms with E-state index in [0.29, 0.717) is 11.7 Å². The van der Waals surface area contributed by atoms with E-state index in [1.54, 1.807) is 0 Å². The third kappa shape index (κ3) is 4.32. The SMILES string of the molecule is CNCc1cccc(OCc2csc(NC(C)=O)n2)c1. The number of carbonyl (C=O) groups excluding carboxylic acids is 1. The van der Waals surface area contributed by atoms with Crippen LogP contribution < -0.4 is 15.4 Å². The largest absolute Gasteiger partial charge is 0.487 e. The number of carbonyl (C=O) groups is 1. The van der Waals surface area contributed by atoms with Crippen molar-refractivity contribution in [2.45, 2.75) is 20.1 Å². The van der Waals surface area contributed by atoms with Gasteiger partial charge in [-0.15, -0.1) is 11.3 Å². The van der Waals surface area contributed by atoms with Gasteiger partial charge in [-0.1, -0.05) is 12.1 Å². The summed E-state index contributed by atoms with van der Waals surface area (Å²) < 4.78 is 5.70. The summed E-state index contributed by atoms with van der Waals surface area (Å²) in [5.74, 6) is 0.693. The van der Waals surface area contributed by atoms with E-state index in [1.165, 1.54) is 23.8 Å². The number of ether oxygens (including phenoxy) is 1. The van der Waals surface area contributed by atoms with Crippen molar-refractivity contribution >= 4 is 22.4 Å². The molecule has 0 aliphatic carbocycles. The van der Waals surface area contributed by atoms with Gasteiger partial charge < -0.3 is 15.4 Å². The maximum absolute atomic E-state index is 10.9. The number of hydrogen-bond acceptors (Lipinski definition) is 5. The first-order chi connectivity index (χ1) is 9.67. The van der Waals surface area contributed by atoms with Crippen LogP contribution in [0.4, 0.5) is 5.13 Å². The van der Waals surface area contributed by atoms with Gasteiger partial charge in [0.25, 0.3) is 0 Å². The van der Waals surface area contributed by atoms with E-state index < -0.39 is 0 Å². The van der Waals surface area contributed by atoms with Gasteiger partial charge in [0.1, 0.15) is 12.4 Å². The van der Waals surface area contributed by atoms with Crippen molar-refractivity contribution in [3.8, 4) is 5.75 Å². The van der Waals surface area contributed by atoms with Gasteiger partial charge in [0, 0.05) is 18.8 Å². The topological polar surface area (TPSA) is 63.2 Å². The first-order valence-electron chi connectivity index (χ1n) is 6.25. The molecule has 0 radical (unpaired) electrons. The Labute approximate surface area is 122 Å². The van der Waals surface area contributed by atoms with Crippen LogP contribution in [0.25, 0.3) is 0 Å². The maximum Gasteiger partial charge on any atom is 0.223 e. The minimum atomic E-state index is -0.119. The summed E-state index contributed by atoms with van der Waals surface area (Å²) in [7, 11) is 1.91. The zero-order valence-corrected chi connectivity index (χ0v) is 12.3. The molecule has 0 atom stereocenters. The number of nitrogens with zero attached hydrogens (tertiary/aromatic N) is 1. The molecular formula is C14H17N3O2S. The van der Waals surface area contributed by atoms with Crippen LogP contribution in [-0.4, -0.2) is 17.9 Å². The van der Waals surface area contributed by atoms with E-state index in [2.05, 4.69) is 15.6 Å². The average Bonchev–Trinajstić information content (AvgIpc) is 2.84. The molecule has 0 aliphatic heterocycles. The van der Waals surface area contributed by atoms with E-state index in [1.807, 2.05) is 36.7 Å². The summed E-state index contributed by atoms with van der Waals surface area (Å²) >= 11 is 1.39. The molecule has 0 bridgehead atoms. The van der Waals surface area contributed by atoms with Crippen LogP contribution in [-0.2, 0) is 17.9 Å². The molecule has 2 N–H and O–H groups in total. The maximum atomic E-state index is 10.9. The Hall–Kier alpha value is -1.92. The standard InChI is InChI=1S/C14H17N3O2S/c1-10(18)16-14-17-12(9-20-14)8-19-13-5-3-4-11(6-13)7-15-2/h3-6,9,15H,7-8H2,1-2H3,(H,16,17,18). The number of rotatable bonds is 6. The zero-order chi connectivity index (χ0) is 14.4. The Bertz CT molecular complexity index is 583. The monoisotopic (exact) mass is 291 g/mol. The second-order valence-corrected chi connectivity index (χ2v) is 5.15. The number of amides is 1. The molecule has 106 valence electrons. The molecule has 0 aliphatic rings. The summed E-state index contributed by atoms with van der Waals surface area (Å²) in [5, 5.41) is 8.23. The van der Waals surface area contributed by atoms with Crippen molar-refractivity contribution in [2.24, 2.45) is 0 Å². The number of benzene rings is 1. The first kappa shape index (κ1) is 14.5. The van der Waals surface area contributed by atoms with E-state index in [9.17, 15) is 4.79 Å². The Balaban J connectivity index is 1.92. The number of thiazole rings is 1. The minimum absolute atomic E-state index is 0.119. The molecule has 1 aromatic heterocycles. The number of nitrogens with one attached hydrogen (secondary N) is 2. The summed E-state index contributed by atoms with van der Waals surface area (Å²) in [4.78, 5) is 15.2. The highest BCUT2D eigenvalue weighted by atomic mass is 32.1. The van der Waals surface area contributed by atoms with Crippen LogP contribution in [0.5, 0.6) is 5.75 Å². The van der Waals surface area contributed by atoms with Gasteiger partial charge in [0.2, 0.25) is 5.91 Å². The minimum Gasteiger partial charge on any atom is -0.487 e. The second kappa shape index (κ2) is 7.02. The highest BCUT2D eigenvalue weighted by Gasteiger charge is 2.04. The van der Waals surface area contributed by atoms with Crippen LogP contribution in [0.2, 0.25) is 0 Å². The van der Waals surface area contributed by atoms with Crippen LogP contribution in [0.3, 0.4) is 0 Å². The Morgan fingerprint density at radius 1 is 1.45 bits per heavy atom. The number of hydrogen-bond donors (Lipinski definition) is 2. The molecule has 1 aromatic carbocycles. The van der Waals surface area contributed by atoms with E-state index in [4.69, 9.17) is 4.74 Å². The van der Waals surface area contributed by atoms with Gasteiger partial charge in [-0.2, -0.15) is 0 Å². The van der Waals surface area contributed by atoms with Crippen LogP contribution in [0.15, 0.2) is 29.6 Å². The predicted molar refractivity (Wildman–Crippen MR) is 80.0 cm³/mol. The Morgan fingerprint density at radius 2 is 2.30 bits per heavy atom. The highest BCUT2D eigenvalue weighted by Crippen LogP contribution is 2.18. The molecule has 1 heterocycles. The smallest absolute Gasteiger partial charge is 0.223 e. The predicted octanol–water partition coefficient (Wildman–Crippen LogP) is 2.40. The summed E-state index contributed by atoms with van der Waals surface area (Å²) in [6.07, 6.45) is 0. The second-order valence-electron chi connectivity index (χ2n) is 4.29. The number of aromatic nitrogens is 1. The fourth-order valence-electron chi connectivity index (χ4n) is 1.69. The molecule has 1 amide bonds. The van der Waals surface area contributed by atoms with Gasteiger partial charge in [-0.25, -0.2) is 4.98 Å². The third-order valence-corrected chi connectivity index (χ3v) is 3.31. The zero-order valence-electron chi connectivity index (χ0n) is 11.5. The summed E-state index contributed by atoms with van der Waals surface area (Å²) in [6.45, 7) is 2.66. The van der Waals surface area contributed by atoms with Gasteiger partial charge in [0.05, 0.1) is 5.69 Å². The van der Waals surface area contributed by atoms with Crippen molar-refractivity contribution in [3.05, 3.63) is 40.9 Å². The van der Waals surface area contributed by atoms with Crippen molar-refractivity contribution in [2.75, 3.05) is 12.4 Å². The summed E-state index contributed by atoms with van der Waals surface area (Å²) in [5.41, 5.74) is 1.97. The quantitative estimate of drug-likeness (QED) is 0.858. The summed E-state index contributed by atoms with van der Waals surface area (Å²) in [6, 6.07) is 7.92. The van der Waals surface area contributed by atoms with E-state index in [-0.39, 0.29) is 5.91 Å². The lowest BCUT2D eigenvalue weighted by atomic mass is 10.2. The first-order valence-corrected chi connectivity index (χ1v) is 7.13.